The maximum atomic E-state index is 7.70. The third-order valence-electron chi connectivity index (χ3n) is 5.54. The van der Waals surface area contributed by atoms with Gasteiger partial charge < -0.3 is 10.7 Å². The molecule has 0 spiro atoms. The number of fused-ring (bicyclic) bond motifs is 1. The number of nitrogens with zero attached hydrogens (tertiary/aromatic N) is 4. The van der Waals surface area contributed by atoms with Crippen LogP contribution in [0.4, 0.5) is 5.82 Å². The van der Waals surface area contributed by atoms with Crippen LogP contribution in [0.15, 0.2) is 58.6 Å². The quantitative estimate of drug-likeness (QED) is 0.496. The van der Waals surface area contributed by atoms with E-state index in [0.717, 1.165) is 39.5 Å². The van der Waals surface area contributed by atoms with E-state index >= 15 is 0 Å². The summed E-state index contributed by atoms with van der Waals surface area (Å²) in [5.74, 6) is 1.82. The number of thiazole rings is 1. The van der Waals surface area contributed by atoms with Crippen molar-refractivity contribution in [2.75, 3.05) is 12.4 Å². The van der Waals surface area contributed by atoms with E-state index < -0.39 is 0 Å². The van der Waals surface area contributed by atoms with Gasteiger partial charge in [0.2, 0.25) is 0 Å². The van der Waals surface area contributed by atoms with Gasteiger partial charge in [0.05, 0.1) is 21.4 Å². The van der Waals surface area contributed by atoms with Crippen LogP contribution in [-0.4, -0.2) is 40.5 Å². The van der Waals surface area contributed by atoms with Crippen LogP contribution in [0.1, 0.15) is 19.2 Å². The van der Waals surface area contributed by atoms with Crippen molar-refractivity contribution in [3.63, 3.8) is 0 Å². The number of hydrogen-bond acceptors (Lipinski definition) is 7. The molecule has 0 radical (unpaired) electrons. The Morgan fingerprint density at radius 2 is 2.16 bits per heavy atom. The molecule has 158 valence electrons. The highest BCUT2D eigenvalue weighted by atomic mass is 32.1. The minimum atomic E-state index is -0.0424. The van der Waals surface area contributed by atoms with Gasteiger partial charge in [-0.05, 0) is 32.4 Å². The molecule has 0 saturated carbocycles. The standard InChI is InChI=1S/C24H26N6S/c1-15(17-5-4-6-18(9-17)20(12-25)13-26-3)28-24-11-22(29-16(2)30-24)19-7-8-21-23(10-19)31-14-27-21/h4-8,10-15,17,20,25H,9H2,1-3H3,(H,28,29,30). The summed E-state index contributed by atoms with van der Waals surface area (Å²) in [7, 11) is 1.75. The van der Waals surface area contributed by atoms with Gasteiger partial charge in [0.15, 0.2) is 0 Å². The van der Waals surface area contributed by atoms with Gasteiger partial charge in [-0.2, -0.15) is 0 Å². The predicted molar refractivity (Wildman–Crippen MR) is 130 cm³/mol. The van der Waals surface area contributed by atoms with Gasteiger partial charge in [-0.1, -0.05) is 29.9 Å². The van der Waals surface area contributed by atoms with Gasteiger partial charge in [-0.15, -0.1) is 11.3 Å². The van der Waals surface area contributed by atoms with E-state index in [4.69, 9.17) is 5.41 Å². The van der Waals surface area contributed by atoms with E-state index in [-0.39, 0.29) is 12.0 Å². The topological polar surface area (TPSA) is 86.9 Å². The molecule has 3 atom stereocenters. The highest BCUT2D eigenvalue weighted by molar-refractivity contribution is 7.16. The molecular formula is C24H26N6S. The largest absolute Gasteiger partial charge is 0.367 e. The summed E-state index contributed by atoms with van der Waals surface area (Å²) >= 11 is 1.63. The molecule has 0 amide bonds. The molecule has 6 nitrogen and oxygen atoms in total. The van der Waals surface area contributed by atoms with E-state index in [9.17, 15) is 0 Å². The number of benzene rings is 1. The van der Waals surface area contributed by atoms with Crippen molar-refractivity contribution in [2.45, 2.75) is 26.3 Å². The van der Waals surface area contributed by atoms with Crippen molar-refractivity contribution in [2.24, 2.45) is 16.8 Å². The van der Waals surface area contributed by atoms with E-state index in [0.29, 0.717) is 5.92 Å². The molecule has 0 bridgehead atoms. The second-order valence-corrected chi connectivity index (χ2v) is 8.63. The van der Waals surface area contributed by atoms with E-state index in [1.807, 2.05) is 30.8 Å². The Bertz CT molecular complexity index is 1180. The van der Waals surface area contributed by atoms with E-state index in [1.165, 1.54) is 11.8 Å². The minimum Gasteiger partial charge on any atom is -0.367 e. The fourth-order valence-electron chi connectivity index (χ4n) is 3.87. The van der Waals surface area contributed by atoms with Crippen LogP contribution in [-0.2, 0) is 0 Å². The normalized spacial score (nSPS) is 18.2. The lowest BCUT2D eigenvalue weighted by Crippen LogP contribution is -2.28. The molecule has 1 aliphatic rings. The van der Waals surface area contributed by atoms with E-state index in [1.54, 1.807) is 18.4 Å². The average molecular weight is 431 g/mol. The average Bonchev–Trinajstić information content (AvgIpc) is 3.25. The minimum absolute atomic E-state index is 0.0424. The molecule has 2 aromatic heterocycles. The van der Waals surface area contributed by atoms with Gasteiger partial charge >= 0.3 is 0 Å². The Kier molecular flexibility index (Phi) is 6.32. The van der Waals surface area contributed by atoms with Crippen LogP contribution in [0.2, 0.25) is 0 Å². The lowest BCUT2D eigenvalue weighted by atomic mass is 9.84. The van der Waals surface area contributed by atoms with Crippen LogP contribution < -0.4 is 5.32 Å². The Morgan fingerprint density at radius 3 is 2.97 bits per heavy atom. The van der Waals surface area contributed by atoms with Gasteiger partial charge in [-0.3, -0.25) is 4.99 Å². The summed E-state index contributed by atoms with van der Waals surface area (Å²) in [6.07, 6.45) is 10.6. The third kappa shape index (κ3) is 4.77. The second-order valence-electron chi connectivity index (χ2n) is 7.75. The fourth-order valence-corrected chi connectivity index (χ4v) is 4.59. The van der Waals surface area contributed by atoms with Crippen molar-refractivity contribution in [3.8, 4) is 11.3 Å². The first-order valence-electron chi connectivity index (χ1n) is 10.3. The summed E-state index contributed by atoms with van der Waals surface area (Å²) in [6.45, 7) is 4.09. The van der Waals surface area contributed by atoms with Gasteiger partial charge in [0.1, 0.15) is 11.6 Å². The second kappa shape index (κ2) is 9.31. The summed E-state index contributed by atoms with van der Waals surface area (Å²) in [5.41, 5.74) is 6.05. The first-order chi connectivity index (χ1) is 15.1. The van der Waals surface area contributed by atoms with Crippen LogP contribution in [0.5, 0.6) is 0 Å². The zero-order valence-electron chi connectivity index (χ0n) is 17.9. The Balaban J connectivity index is 1.52. The SMILES string of the molecule is CN=CC(C=N)C1=CC=CC(C(C)Nc2cc(-c3ccc4ncsc4c3)nc(C)n2)C1. The molecule has 2 heterocycles. The first-order valence-corrected chi connectivity index (χ1v) is 11.2. The molecule has 0 saturated heterocycles. The van der Waals surface area contributed by atoms with E-state index in [2.05, 4.69) is 62.5 Å². The van der Waals surface area contributed by atoms with Crippen molar-refractivity contribution in [3.05, 3.63) is 59.4 Å². The summed E-state index contributed by atoms with van der Waals surface area (Å²) in [4.78, 5) is 17.7. The molecule has 31 heavy (non-hydrogen) atoms. The number of allylic oxidation sites excluding steroid dienone is 3. The lowest BCUT2D eigenvalue weighted by molar-refractivity contribution is 0.545. The predicted octanol–water partition coefficient (Wildman–Crippen LogP) is 5.33. The number of hydrogen-bond donors (Lipinski definition) is 2. The highest BCUT2D eigenvalue weighted by Gasteiger charge is 2.22. The number of aliphatic imine (C=N–C) groups is 1. The number of anilines is 1. The monoisotopic (exact) mass is 430 g/mol. The highest BCUT2D eigenvalue weighted by Crippen LogP contribution is 2.29. The lowest BCUT2D eigenvalue weighted by Gasteiger charge is -2.27. The fraction of sp³-hybridized carbons (Fsp3) is 0.292. The van der Waals surface area contributed by atoms with Gasteiger partial charge in [0, 0.05) is 49.0 Å². The molecule has 4 rings (SSSR count). The molecular weight excluding hydrogens is 404 g/mol. The van der Waals surface area contributed by atoms with Crippen LogP contribution in [0.25, 0.3) is 21.5 Å². The van der Waals surface area contributed by atoms with Gasteiger partial charge in [0.25, 0.3) is 0 Å². The van der Waals surface area contributed by atoms with Gasteiger partial charge in [-0.25, -0.2) is 15.0 Å². The molecule has 2 N–H and O–H groups in total. The zero-order valence-corrected chi connectivity index (χ0v) is 18.7. The van der Waals surface area contributed by atoms with Crippen molar-refractivity contribution < 1.29 is 0 Å². The zero-order chi connectivity index (χ0) is 21.8. The molecule has 3 unspecified atom stereocenters. The molecule has 0 aliphatic heterocycles. The Labute approximate surface area is 186 Å². The maximum absolute atomic E-state index is 7.70. The number of nitrogens with one attached hydrogen (secondary N) is 2. The number of aromatic nitrogens is 3. The summed E-state index contributed by atoms with van der Waals surface area (Å²) in [6, 6.07) is 8.42. The number of rotatable bonds is 7. The smallest absolute Gasteiger partial charge is 0.130 e. The summed E-state index contributed by atoms with van der Waals surface area (Å²) in [5, 5.41) is 11.3. The van der Waals surface area contributed by atoms with Crippen LogP contribution in [0, 0.1) is 24.2 Å². The molecule has 7 heteroatoms. The summed E-state index contributed by atoms with van der Waals surface area (Å²) < 4.78 is 1.15. The maximum Gasteiger partial charge on any atom is 0.130 e. The third-order valence-corrected chi connectivity index (χ3v) is 6.33. The van der Waals surface area contributed by atoms with Crippen LogP contribution >= 0.6 is 11.3 Å². The van der Waals surface area contributed by atoms with Crippen molar-refractivity contribution in [1.29, 1.82) is 5.41 Å². The molecule has 1 aliphatic carbocycles. The molecule has 3 aromatic rings. The van der Waals surface area contributed by atoms with Crippen LogP contribution in [0.3, 0.4) is 0 Å². The first kappa shape index (κ1) is 21.1. The molecule has 0 fully saturated rings. The Morgan fingerprint density at radius 1 is 1.29 bits per heavy atom. The molecule has 1 aromatic carbocycles. The van der Waals surface area contributed by atoms with Crippen molar-refractivity contribution in [1.82, 2.24) is 15.0 Å². The van der Waals surface area contributed by atoms with Crippen molar-refractivity contribution >= 4 is 39.8 Å². The Hall–Kier alpha value is -3.19. The number of aryl methyl sites for hydroxylation is 1.